The molecular formula is C16H26Pt. The van der Waals surface area contributed by atoms with Crippen molar-refractivity contribution in [2.24, 2.45) is 0 Å². The quantitative estimate of drug-likeness (QED) is 0.367. The Balaban J connectivity index is -0.000000218. The summed E-state index contributed by atoms with van der Waals surface area (Å²) in [5.74, 6) is 0. The van der Waals surface area contributed by atoms with E-state index in [-0.39, 0.29) is 21.1 Å². The average molecular weight is 413 g/mol. The van der Waals surface area contributed by atoms with Crippen LogP contribution in [0.2, 0.25) is 0 Å². The minimum Gasteiger partial charge on any atom is -0.518 e. The van der Waals surface area contributed by atoms with Gasteiger partial charge in [-0.25, -0.2) is 0 Å². The second-order valence-corrected chi connectivity index (χ2v) is 3.46. The first-order valence-corrected chi connectivity index (χ1v) is 6.20. The van der Waals surface area contributed by atoms with Gasteiger partial charge in [0.15, 0.2) is 0 Å². The molecule has 0 nitrogen and oxygen atoms in total. The fourth-order valence-electron chi connectivity index (χ4n) is 0.919. The van der Waals surface area contributed by atoms with Crippen molar-refractivity contribution < 1.29 is 21.1 Å². The molecular weight excluding hydrogens is 387 g/mol. The van der Waals surface area contributed by atoms with E-state index in [1.807, 2.05) is 0 Å². The molecule has 0 aliphatic carbocycles. The minimum atomic E-state index is 0. The third kappa shape index (κ3) is 31.3. The molecule has 0 saturated carbocycles. The van der Waals surface area contributed by atoms with Gasteiger partial charge in [0.25, 0.3) is 0 Å². The summed E-state index contributed by atoms with van der Waals surface area (Å²) < 4.78 is 0. The molecule has 0 unspecified atom stereocenters. The normalized spacial score (nSPS) is 9.53. The van der Waals surface area contributed by atoms with Gasteiger partial charge in [0.1, 0.15) is 0 Å². The van der Waals surface area contributed by atoms with Crippen molar-refractivity contribution in [2.45, 2.75) is 52.4 Å². The SMILES string of the molecule is [CH-]=CCC=CCCC.[CH-]=CCC=CCCC.[Pt+2]. The molecule has 1 heteroatoms. The van der Waals surface area contributed by atoms with Crippen LogP contribution < -0.4 is 0 Å². The first kappa shape index (κ1) is 21.9. The number of rotatable bonds is 8. The Hall–Kier alpha value is -0.352. The molecule has 0 fully saturated rings. The van der Waals surface area contributed by atoms with Crippen LogP contribution in [0.1, 0.15) is 52.4 Å². The Morgan fingerprint density at radius 1 is 0.706 bits per heavy atom. The van der Waals surface area contributed by atoms with Crippen molar-refractivity contribution in [1.82, 2.24) is 0 Å². The third-order valence-electron chi connectivity index (χ3n) is 1.79. The van der Waals surface area contributed by atoms with E-state index < -0.39 is 0 Å². The molecule has 0 heterocycles. The molecule has 0 saturated heterocycles. The summed E-state index contributed by atoms with van der Waals surface area (Å²) in [6.07, 6.45) is 18.4. The molecule has 0 aliphatic rings. The van der Waals surface area contributed by atoms with Gasteiger partial charge in [0, 0.05) is 0 Å². The van der Waals surface area contributed by atoms with Crippen LogP contribution >= 0.6 is 0 Å². The molecule has 0 radical (unpaired) electrons. The minimum absolute atomic E-state index is 0. The standard InChI is InChI=1S/2C8H13.Pt/c2*1-3-5-7-8-6-4-2;/h2*1,3,7-8H,4-6H2,2H3;/q2*-1;+2. The Kier molecular flexibility index (Phi) is 31.9. The molecule has 0 aromatic rings. The van der Waals surface area contributed by atoms with Gasteiger partial charge < -0.3 is 13.2 Å². The predicted molar refractivity (Wildman–Crippen MR) is 75.1 cm³/mol. The zero-order valence-corrected chi connectivity index (χ0v) is 13.4. The maximum atomic E-state index is 5.13. The van der Waals surface area contributed by atoms with Gasteiger partial charge in [0.05, 0.1) is 0 Å². The molecule has 0 aromatic heterocycles. The van der Waals surface area contributed by atoms with Crippen LogP contribution in [0, 0.1) is 13.2 Å². The summed E-state index contributed by atoms with van der Waals surface area (Å²) >= 11 is 0. The Labute approximate surface area is 123 Å². The van der Waals surface area contributed by atoms with Crippen LogP contribution in [-0.2, 0) is 21.1 Å². The van der Waals surface area contributed by atoms with Crippen LogP contribution in [0.15, 0.2) is 36.5 Å². The first-order valence-electron chi connectivity index (χ1n) is 6.20. The summed E-state index contributed by atoms with van der Waals surface area (Å²) in [4.78, 5) is 0. The Bertz CT molecular complexity index is 168. The van der Waals surface area contributed by atoms with E-state index in [4.69, 9.17) is 13.2 Å². The number of allylic oxidation sites excluding steroid dienone is 6. The Morgan fingerprint density at radius 3 is 1.29 bits per heavy atom. The van der Waals surface area contributed by atoms with E-state index in [0.717, 1.165) is 12.8 Å². The third-order valence-corrected chi connectivity index (χ3v) is 1.79. The Morgan fingerprint density at radius 2 is 1.06 bits per heavy atom. The molecule has 0 amide bonds. The van der Waals surface area contributed by atoms with Crippen LogP contribution in [0.5, 0.6) is 0 Å². The van der Waals surface area contributed by atoms with E-state index in [1.54, 1.807) is 12.2 Å². The van der Waals surface area contributed by atoms with Crippen molar-refractivity contribution in [1.29, 1.82) is 0 Å². The van der Waals surface area contributed by atoms with Gasteiger partial charge in [-0.2, -0.15) is 0 Å². The van der Waals surface area contributed by atoms with Crippen LogP contribution in [-0.4, -0.2) is 0 Å². The molecule has 0 bridgehead atoms. The molecule has 100 valence electrons. The molecule has 0 atom stereocenters. The number of unbranched alkanes of at least 4 members (excludes halogenated alkanes) is 2. The number of hydrogen-bond donors (Lipinski definition) is 0. The maximum Gasteiger partial charge on any atom is 2.00 e. The van der Waals surface area contributed by atoms with Crippen molar-refractivity contribution in [3.8, 4) is 0 Å². The largest absolute Gasteiger partial charge is 2.00 e. The molecule has 0 rings (SSSR count). The average Bonchev–Trinajstić information content (AvgIpc) is 2.31. The zero-order valence-electron chi connectivity index (χ0n) is 11.2. The fraction of sp³-hybridized carbons (Fsp3) is 0.500. The van der Waals surface area contributed by atoms with Gasteiger partial charge in [-0.3, -0.25) is 12.2 Å². The van der Waals surface area contributed by atoms with Crippen molar-refractivity contribution in [3.05, 3.63) is 49.6 Å². The maximum absolute atomic E-state index is 5.13. The van der Waals surface area contributed by atoms with Crippen molar-refractivity contribution >= 4 is 0 Å². The molecule has 0 spiro atoms. The summed E-state index contributed by atoms with van der Waals surface area (Å²) in [6.45, 7) is 14.6. The van der Waals surface area contributed by atoms with Gasteiger partial charge >= 0.3 is 21.1 Å². The predicted octanol–water partition coefficient (Wildman–Crippen LogP) is 5.44. The van der Waals surface area contributed by atoms with E-state index in [0.29, 0.717) is 0 Å². The smallest absolute Gasteiger partial charge is 0.518 e. The van der Waals surface area contributed by atoms with Crippen LogP contribution in [0.3, 0.4) is 0 Å². The van der Waals surface area contributed by atoms with Gasteiger partial charge in [-0.15, -0.1) is 0 Å². The fourth-order valence-corrected chi connectivity index (χ4v) is 0.919. The molecule has 0 N–H and O–H groups in total. The zero-order chi connectivity index (χ0) is 12.5. The van der Waals surface area contributed by atoms with Crippen LogP contribution in [0.4, 0.5) is 0 Å². The molecule has 0 aliphatic heterocycles. The van der Waals surface area contributed by atoms with Gasteiger partial charge in [-0.05, 0) is 25.7 Å². The van der Waals surface area contributed by atoms with E-state index in [1.165, 1.54) is 25.7 Å². The molecule has 0 aromatic carbocycles. The van der Waals surface area contributed by atoms with Crippen molar-refractivity contribution in [2.75, 3.05) is 0 Å². The van der Waals surface area contributed by atoms with Gasteiger partial charge in [0.2, 0.25) is 0 Å². The first-order chi connectivity index (χ1) is 7.83. The molecule has 17 heavy (non-hydrogen) atoms. The summed E-state index contributed by atoms with van der Waals surface area (Å²) in [6, 6.07) is 0. The van der Waals surface area contributed by atoms with E-state index in [2.05, 4.69) is 38.2 Å². The van der Waals surface area contributed by atoms with Gasteiger partial charge in [-0.1, -0.05) is 51.0 Å². The van der Waals surface area contributed by atoms with Crippen molar-refractivity contribution in [3.63, 3.8) is 0 Å². The van der Waals surface area contributed by atoms with E-state index >= 15 is 0 Å². The summed E-state index contributed by atoms with van der Waals surface area (Å²) in [7, 11) is 0. The topological polar surface area (TPSA) is 0 Å². The second kappa shape index (κ2) is 24.7. The van der Waals surface area contributed by atoms with E-state index in [9.17, 15) is 0 Å². The second-order valence-electron chi connectivity index (χ2n) is 3.46. The van der Waals surface area contributed by atoms with Crippen LogP contribution in [0.25, 0.3) is 0 Å². The number of hydrogen-bond acceptors (Lipinski definition) is 0. The summed E-state index contributed by atoms with van der Waals surface area (Å²) in [5, 5.41) is 0. The summed E-state index contributed by atoms with van der Waals surface area (Å²) in [5.41, 5.74) is 0. The monoisotopic (exact) mass is 413 g/mol.